The van der Waals surface area contributed by atoms with Crippen LogP contribution in [-0.4, -0.2) is 69.3 Å². The molecule has 0 radical (unpaired) electrons. The van der Waals surface area contributed by atoms with Gasteiger partial charge in [-0.15, -0.1) is 0 Å². The van der Waals surface area contributed by atoms with Crippen LogP contribution < -0.4 is 0 Å². The Bertz CT molecular complexity index is 555. The minimum atomic E-state index is -2.42. The fourth-order valence-electron chi connectivity index (χ4n) is 2.22. The zero-order valence-electron chi connectivity index (χ0n) is 21.8. The van der Waals surface area contributed by atoms with E-state index in [-0.39, 0.29) is 18.2 Å². The van der Waals surface area contributed by atoms with Gasteiger partial charge < -0.3 is 27.2 Å². The van der Waals surface area contributed by atoms with Crippen LogP contribution in [0.4, 0.5) is 0 Å². The van der Waals surface area contributed by atoms with Gasteiger partial charge in [0.1, 0.15) is 6.23 Å². The average Bonchev–Trinajstić information content (AvgIpc) is 2.80. The fraction of sp³-hybridized carbons (Fsp3) is 0.739. The van der Waals surface area contributed by atoms with Gasteiger partial charge >= 0.3 is 29.1 Å². The molecule has 0 rings (SSSR count). The Morgan fingerprint density at radius 3 is 1.76 bits per heavy atom. The van der Waals surface area contributed by atoms with Crippen molar-refractivity contribution >= 4 is 29.1 Å². The summed E-state index contributed by atoms with van der Waals surface area (Å²) < 4.78 is 32.3. The van der Waals surface area contributed by atoms with E-state index in [1.165, 1.54) is 0 Å². The van der Waals surface area contributed by atoms with Crippen LogP contribution in [0.25, 0.3) is 0 Å². The second-order valence-electron chi connectivity index (χ2n) is 7.91. The summed E-state index contributed by atoms with van der Waals surface area (Å²) in [5.41, 5.74) is 0.401. The molecule has 33 heavy (non-hydrogen) atoms. The number of ether oxygens (including phenoxy) is 2. The molecule has 0 aliphatic heterocycles. The van der Waals surface area contributed by atoms with E-state index in [9.17, 15) is 9.59 Å². The zero-order valence-corrected chi connectivity index (χ0v) is 23.8. The largest absolute Gasteiger partial charge is 0.463 e. The van der Waals surface area contributed by atoms with Crippen LogP contribution in [0.1, 0.15) is 52.9 Å². The summed E-state index contributed by atoms with van der Waals surface area (Å²) in [6, 6.07) is 0.810. The molecule has 0 aromatic carbocycles. The second-order valence-corrected chi connectivity index (χ2v) is 14.6. The van der Waals surface area contributed by atoms with E-state index in [0.717, 1.165) is 44.2 Å². The fourth-order valence-corrected chi connectivity index (χ4v) is 5.38. The predicted octanol–water partition coefficient (Wildman–Crippen LogP) is 4.82. The predicted molar refractivity (Wildman–Crippen MR) is 135 cm³/mol. The molecule has 8 nitrogen and oxygen atoms in total. The molecule has 0 saturated heterocycles. The Kier molecular flexibility index (Phi) is 20.6. The van der Waals surface area contributed by atoms with E-state index in [4.69, 9.17) is 27.2 Å². The minimum Gasteiger partial charge on any atom is -0.463 e. The molecule has 0 spiro atoms. The van der Waals surface area contributed by atoms with Crippen LogP contribution >= 0.6 is 0 Å². The molecule has 0 unspecified atom stereocenters. The first-order valence-electron chi connectivity index (χ1n) is 11.5. The topological polar surface area (TPSA) is 89.5 Å². The van der Waals surface area contributed by atoms with E-state index in [1.807, 2.05) is 13.1 Å². The molecule has 0 heterocycles. The van der Waals surface area contributed by atoms with Crippen molar-refractivity contribution in [3.8, 4) is 0 Å². The lowest BCUT2D eigenvalue weighted by molar-refractivity contribution is -0.138. The molecule has 0 aromatic heterocycles. The van der Waals surface area contributed by atoms with Crippen molar-refractivity contribution in [3.63, 3.8) is 0 Å². The van der Waals surface area contributed by atoms with Crippen LogP contribution in [0, 0.1) is 0 Å². The first-order valence-corrected chi connectivity index (χ1v) is 16.6. The lowest BCUT2D eigenvalue weighted by Crippen LogP contribution is -2.45. The lowest BCUT2D eigenvalue weighted by Gasteiger charge is -2.26. The van der Waals surface area contributed by atoms with Gasteiger partial charge in [0.25, 0.3) is 0 Å². The van der Waals surface area contributed by atoms with Gasteiger partial charge in [-0.2, -0.15) is 0 Å². The summed E-state index contributed by atoms with van der Waals surface area (Å²) in [5.74, 6) is -0.764. The van der Waals surface area contributed by atoms with Gasteiger partial charge in [0, 0.05) is 39.1 Å². The van der Waals surface area contributed by atoms with E-state index in [2.05, 4.69) is 27.0 Å². The molecule has 0 N–H and O–H groups in total. The third kappa shape index (κ3) is 18.8. The molecular weight excluding hydrogens is 460 g/mol. The first kappa shape index (κ1) is 33.9. The number of hydrogen-bond donors (Lipinski definition) is 0. The highest BCUT2D eigenvalue weighted by atomic mass is 28.4. The van der Waals surface area contributed by atoms with Crippen molar-refractivity contribution in [2.24, 2.45) is 0 Å². The summed E-state index contributed by atoms with van der Waals surface area (Å²) in [6.45, 7) is 18.4. The van der Waals surface area contributed by atoms with E-state index in [1.54, 1.807) is 21.1 Å². The maximum absolute atomic E-state index is 11.4. The number of carbonyl (C=O) groups excluding carboxylic acids is 2. The zero-order chi connectivity index (χ0) is 25.8. The Morgan fingerprint density at radius 1 is 0.848 bits per heavy atom. The van der Waals surface area contributed by atoms with Crippen molar-refractivity contribution < 1.29 is 36.8 Å². The van der Waals surface area contributed by atoms with Gasteiger partial charge in [-0.1, -0.05) is 39.8 Å². The van der Waals surface area contributed by atoms with Crippen molar-refractivity contribution in [1.29, 1.82) is 0 Å². The molecular formula is C23H46O8Si2. The molecule has 0 fully saturated rings. The summed E-state index contributed by atoms with van der Waals surface area (Å²) in [4.78, 5) is 22.1. The summed E-state index contributed by atoms with van der Waals surface area (Å²) >= 11 is 0. The van der Waals surface area contributed by atoms with Crippen LogP contribution in [0.3, 0.4) is 0 Å². The monoisotopic (exact) mass is 506 g/mol. The SMILES string of the molecule is C=C(C)C(=O)OC[Si](C)(OCCCC)OCCCC.C=CC(=O)OCCC[Si](C)(OC)OC. The Labute approximate surface area is 203 Å². The van der Waals surface area contributed by atoms with E-state index in [0.29, 0.717) is 25.4 Å². The van der Waals surface area contributed by atoms with Gasteiger partial charge in [0.15, 0.2) is 0 Å². The highest BCUT2D eigenvalue weighted by Gasteiger charge is 2.33. The van der Waals surface area contributed by atoms with Gasteiger partial charge in [-0.25, -0.2) is 9.59 Å². The Balaban J connectivity index is 0. The van der Waals surface area contributed by atoms with Crippen molar-refractivity contribution in [1.82, 2.24) is 0 Å². The molecule has 0 bridgehead atoms. The molecule has 194 valence electrons. The van der Waals surface area contributed by atoms with Crippen LogP contribution in [0.15, 0.2) is 24.8 Å². The minimum absolute atomic E-state index is 0.228. The maximum atomic E-state index is 11.4. The molecule has 0 aliphatic rings. The number of rotatable bonds is 18. The van der Waals surface area contributed by atoms with Gasteiger partial charge in [0.05, 0.1) is 6.61 Å². The van der Waals surface area contributed by atoms with Crippen LogP contribution in [0.2, 0.25) is 19.1 Å². The molecule has 10 heteroatoms. The Hall–Kier alpha value is -1.31. The summed E-state index contributed by atoms with van der Waals surface area (Å²) in [5, 5.41) is 0. The maximum Gasteiger partial charge on any atom is 0.374 e. The molecule has 0 amide bonds. The van der Waals surface area contributed by atoms with Gasteiger partial charge in [0.2, 0.25) is 0 Å². The molecule has 0 aromatic rings. The van der Waals surface area contributed by atoms with Gasteiger partial charge in [-0.05, 0) is 45.3 Å². The molecule has 0 saturated carbocycles. The third-order valence-corrected chi connectivity index (χ3v) is 9.96. The standard InChI is InChI=1S/C14H28O4Si.C9H18O4Si/c1-6-8-10-17-19(5,18-11-9-7-2)12-16-14(15)13(3)4;1-5-9(10)13-7-6-8-14(4,11-2)12-3/h3,6-12H2,1-2,4-5H3;5H,1,6-8H2,2-4H3. The number of unbranched alkanes of at least 4 members (excludes halogenated alkanes) is 2. The highest BCUT2D eigenvalue weighted by Crippen LogP contribution is 2.13. The van der Waals surface area contributed by atoms with Crippen molar-refractivity contribution in [3.05, 3.63) is 24.8 Å². The second kappa shape index (κ2) is 20.1. The number of esters is 2. The van der Waals surface area contributed by atoms with Crippen LogP contribution in [0.5, 0.6) is 0 Å². The highest BCUT2D eigenvalue weighted by molar-refractivity contribution is 6.66. The third-order valence-electron chi connectivity index (χ3n) is 4.67. The quantitative estimate of drug-likeness (QED) is 0.113. The van der Waals surface area contributed by atoms with Crippen molar-refractivity contribution in [2.45, 2.75) is 72.0 Å². The normalized spacial score (nSPS) is 11.2. The van der Waals surface area contributed by atoms with Crippen molar-refractivity contribution in [2.75, 3.05) is 40.3 Å². The summed E-state index contributed by atoms with van der Waals surface area (Å²) in [6.07, 6.45) is 6.28. The Morgan fingerprint density at radius 2 is 1.36 bits per heavy atom. The summed E-state index contributed by atoms with van der Waals surface area (Å²) in [7, 11) is -1.12. The van der Waals surface area contributed by atoms with E-state index < -0.39 is 17.1 Å². The lowest BCUT2D eigenvalue weighted by atomic mass is 10.4. The smallest absolute Gasteiger partial charge is 0.374 e. The average molecular weight is 507 g/mol. The van der Waals surface area contributed by atoms with Crippen LogP contribution in [-0.2, 0) is 36.8 Å². The number of carbonyl (C=O) groups is 2. The molecule has 0 aliphatic carbocycles. The molecule has 0 atom stereocenters. The number of hydrogen-bond acceptors (Lipinski definition) is 8. The first-order chi connectivity index (χ1) is 15.5. The van der Waals surface area contributed by atoms with E-state index >= 15 is 0 Å². The van der Waals surface area contributed by atoms with Gasteiger partial charge in [-0.3, -0.25) is 0 Å².